The number of aliphatic imine (C=N–C) groups is 1. The maximum absolute atomic E-state index is 11.6. The fraction of sp³-hybridized carbons (Fsp3) is 0.867. The summed E-state index contributed by atoms with van der Waals surface area (Å²) in [6, 6.07) is 0. The summed E-state index contributed by atoms with van der Waals surface area (Å²) < 4.78 is 0.172. The summed E-state index contributed by atoms with van der Waals surface area (Å²) in [5.41, 5.74) is 4.91. The van der Waals surface area contributed by atoms with E-state index in [4.69, 9.17) is 5.73 Å². The van der Waals surface area contributed by atoms with Crippen LogP contribution in [0.5, 0.6) is 0 Å². The van der Waals surface area contributed by atoms with E-state index < -0.39 is 5.54 Å². The Kier molecular flexibility index (Phi) is 6.55. The van der Waals surface area contributed by atoms with E-state index in [0.29, 0.717) is 0 Å². The summed E-state index contributed by atoms with van der Waals surface area (Å²) in [4.78, 5) is 20.3. The van der Waals surface area contributed by atoms with Crippen LogP contribution in [-0.2, 0) is 4.79 Å². The molecule has 0 atom stereocenters. The molecule has 0 unspecified atom stereocenters. The van der Waals surface area contributed by atoms with Crippen LogP contribution in [0.4, 0.5) is 0 Å². The van der Waals surface area contributed by atoms with Gasteiger partial charge in [-0.25, -0.2) is 0 Å². The predicted molar refractivity (Wildman–Crippen MR) is 95.4 cm³/mol. The minimum absolute atomic E-state index is 0.172. The number of rotatable bonds is 5. The topological polar surface area (TPSA) is 74.0 Å². The van der Waals surface area contributed by atoms with E-state index in [2.05, 4.69) is 40.2 Å². The van der Waals surface area contributed by atoms with Crippen molar-refractivity contribution in [2.45, 2.75) is 38.0 Å². The Hall–Kier alpha value is -0.950. The average molecular weight is 330 g/mol. The van der Waals surface area contributed by atoms with Crippen molar-refractivity contribution in [3.63, 3.8) is 0 Å². The molecule has 0 radical (unpaired) electrons. The number of piperazine rings is 1. The van der Waals surface area contributed by atoms with Crippen molar-refractivity contribution in [1.29, 1.82) is 0 Å². The molecule has 1 aliphatic heterocycles. The van der Waals surface area contributed by atoms with E-state index in [0.717, 1.165) is 38.7 Å². The molecule has 1 rings (SSSR count). The van der Waals surface area contributed by atoms with Crippen LogP contribution in [-0.4, -0.2) is 78.0 Å². The molecule has 0 saturated carbocycles. The van der Waals surface area contributed by atoms with Crippen molar-refractivity contribution in [2.24, 2.45) is 10.7 Å². The number of hydrogen-bond acceptors (Lipinski definition) is 4. The zero-order chi connectivity index (χ0) is 17.0. The largest absolute Gasteiger partial charge is 0.368 e. The molecule has 7 heteroatoms. The van der Waals surface area contributed by atoms with E-state index in [1.165, 1.54) is 0 Å². The van der Waals surface area contributed by atoms with Crippen molar-refractivity contribution in [3.05, 3.63) is 0 Å². The van der Waals surface area contributed by atoms with Crippen LogP contribution in [0.25, 0.3) is 0 Å². The van der Waals surface area contributed by atoms with Crippen LogP contribution < -0.4 is 11.1 Å². The highest BCUT2D eigenvalue weighted by atomic mass is 32.2. The van der Waals surface area contributed by atoms with Crippen LogP contribution in [0.15, 0.2) is 4.99 Å². The number of carbonyl (C=O) groups is 1. The molecule has 6 nitrogen and oxygen atoms in total. The third-order valence-corrected chi connectivity index (χ3v) is 5.66. The molecule has 22 heavy (non-hydrogen) atoms. The Labute approximate surface area is 138 Å². The quantitative estimate of drug-likeness (QED) is 0.570. The van der Waals surface area contributed by atoms with Gasteiger partial charge in [-0.15, -0.1) is 0 Å². The molecule has 1 saturated heterocycles. The van der Waals surface area contributed by atoms with Gasteiger partial charge in [-0.1, -0.05) is 0 Å². The number of amides is 1. The standard InChI is InChI=1S/C15H31N5OS/c1-14(2,22-6)11-18-13(17-5)19-7-9-20(10-8-19)15(3,4)12(16)21/h7-11H2,1-6H3,(H2,16,21)(H,17,18). The predicted octanol–water partition coefficient (Wildman–Crippen LogP) is 0.585. The van der Waals surface area contributed by atoms with Crippen LogP contribution in [0.1, 0.15) is 27.7 Å². The lowest BCUT2D eigenvalue weighted by atomic mass is 10.0. The maximum atomic E-state index is 11.6. The smallest absolute Gasteiger partial charge is 0.237 e. The van der Waals surface area contributed by atoms with Gasteiger partial charge in [0.2, 0.25) is 5.91 Å². The lowest BCUT2D eigenvalue weighted by molar-refractivity contribution is -0.129. The van der Waals surface area contributed by atoms with Crippen molar-refractivity contribution >= 4 is 23.6 Å². The summed E-state index contributed by atoms with van der Waals surface area (Å²) in [7, 11) is 1.81. The fourth-order valence-electron chi connectivity index (χ4n) is 2.33. The molecule has 1 amide bonds. The van der Waals surface area contributed by atoms with Crippen LogP contribution in [0.3, 0.4) is 0 Å². The van der Waals surface area contributed by atoms with E-state index in [1.54, 1.807) is 0 Å². The van der Waals surface area contributed by atoms with Gasteiger partial charge in [0.15, 0.2) is 5.96 Å². The van der Waals surface area contributed by atoms with Gasteiger partial charge in [0.1, 0.15) is 0 Å². The van der Waals surface area contributed by atoms with Crippen molar-refractivity contribution in [1.82, 2.24) is 15.1 Å². The molecule has 0 aromatic heterocycles. The van der Waals surface area contributed by atoms with Crippen molar-refractivity contribution in [2.75, 3.05) is 46.0 Å². The van der Waals surface area contributed by atoms with Crippen LogP contribution >= 0.6 is 11.8 Å². The monoisotopic (exact) mass is 329 g/mol. The molecule has 3 N–H and O–H groups in total. The number of nitrogens with two attached hydrogens (primary N) is 1. The van der Waals surface area contributed by atoms with Gasteiger partial charge in [-0.3, -0.25) is 14.7 Å². The molecule has 128 valence electrons. The first-order chi connectivity index (χ1) is 10.1. The molecular formula is C15H31N5OS. The van der Waals surface area contributed by atoms with Crippen LogP contribution in [0.2, 0.25) is 0 Å². The van der Waals surface area contributed by atoms with Gasteiger partial charge in [0.05, 0.1) is 5.54 Å². The Morgan fingerprint density at radius 3 is 2.18 bits per heavy atom. The third-order valence-electron chi connectivity index (χ3n) is 4.41. The fourth-order valence-corrected chi connectivity index (χ4v) is 2.55. The number of nitrogens with zero attached hydrogens (tertiary/aromatic N) is 3. The highest BCUT2D eigenvalue weighted by Gasteiger charge is 2.35. The first-order valence-electron chi connectivity index (χ1n) is 7.70. The molecule has 1 aliphatic rings. The lowest BCUT2D eigenvalue weighted by Crippen LogP contribution is -2.61. The summed E-state index contributed by atoms with van der Waals surface area (Å²) in [5.74, 6) is 0.656. The molecular weight excluding hydrogens is 298 g/mol. The number of primary amides is 1. The number of hydrogen-bond donors (Lipinski definition) is 2. The Balaban J connectivity index is 2.57. The van der Waals surface area contributed by atoms with E-state index in [9.17, 15) is 4.79 Å². The van der Waals surface area contributed by atoms with Gasteiger partial charge in [-0.05, 0) is 34.0 Å². The summed E-state index contributed by atoms with van der Waals surface area (Å²) in [6.45, 7) is 12.4. The first kappa shape index (κ1) is 19.1. The molecule has 0 aromatic rings. The minimum Gasteiger partial charge on any atom is -0.368 e. The van der Waals surface area contributed by atoms with Gasteiger partial charge in [0.25, 0.3) is 0 Å². The molecule has 0 bridgehead atoms. The number of carbonyl (C=O) groups excluding carboxylic acids is 1. The Morgan fingerprint density at radius 1 is 1.23 bits per heavy atom. The zero-order valence-electron chi connectivity index (χ0n) is 14.8. The van der Waals surface area contributed by atoms with Gasteiger partial charge >= 0.3 is 0 Å². The van der Waals surface area contributed by atoms with Crippen LogP contribution in [0, 0.1) is 0 Å². The van der Waals surface area contributed by atoms with Crippen molar-refractivity contribution in [3.8, 4) is 0 Å². The molecule has 0 spiro atoms. The summed E-state index contributed by atoms with van der Waals surface area (Å²) >= 11 is 1.84. The number of thioether (sulfide) groups is 1. The van der Waals surface area contributed by atoms with E-state index in [-0.39, 0.29) is 10.7 Å². The third kappa shape index (κ3) is 4.78. The highest BCUT2D eigenvalue weighted by molar-refractivity contribution is 7.99. The lowest BCUT2D eigenvalue weighted by Gasteiger charge is -2.43. The van der Waals surface area contributed by atoms with Gasteiger partial charge in [0, 0.05) is 44.5 Å². The molecule has 0 aliphatic carbocycles. The second kappa shape index (κ2) is 7.55. The highest BCUT2D eigenvalue weighted by Crippen LogP contribution is 2.20. The second-order valence-corrected chi connectivity index (χ2v) is 8.28. The second-order valence-electron chi connectivity index (χ2n) is 6.76. The average Bonchev–Trinajstić information content (AvgIpc) is 2.48. The SMILES string of the molecule is CN=C(NCC(C)(C)SC)N1CCN(C(C)(C)C(N)=O)CC1. The number of nitrogens with one attached hydrogen (secondary N) is 1. The van der Waals surface area contributed by atoms with E-state index >= 15 is 0 Å². The maximum Gasteiger partial charge on any atom is 0.237 e. The van der Waals surface area contributed by atoms with E-state index in [1.807, 2.05) is 32.7 Å². The molecule has 1 fully saturated rings. The Morgan fingerprint density at radius 2 is 1.77 bits per heavy atom. The minimum atomic E-state index is -0.593. The number of guanidine groups is 1. The summed E-state index contributed by atoms with van der Waals surface area (Å²) in [5, 5.41) is 3.45. The normalized spacial score (nSPS) is 18.5. The summed E-state index contributed by atoms with van der Waals surface area (Å²) in [6.07, 6.45) is 2.12. The zero-order valence-corrected chi connectivity index (χ0v) is 15.6. The molecule has 0 aromatic carbocycles. The first-order valence-corrected chi connectivity index (χ1v) is 8.92. The Bertz CT molecular complexity index is 414. The molecule has 1 heterocycles. The van der Waals surface area contributed by atoms with Crippen molar-refractivity contribution < 1.29 is 4.79 Å². The van der Waals surface area contributed by atoms with Gasteiger partial charge < -0.3 is 16.0 Å². The van der Waals surface area contributed by atoms with Gasteiger partial charge in [-0.2, -0.15) is 11.8 Å².